The zero-order chi connectivity index (χ0) is 15.3. The molecule has 0 saturated carbocycles. The van der Waals surface area contributed by atoms with Crippen molar-refractivity contribution in [3.63, 3.8) is 0 Å². The molecule has 0 aromatic heterocycles. The van der Waals surface area contributed by atoms with Crippen molar-refractivity contribution in [1.82, 2.24) is 9.62 Å². The lowest BCUT2D eigenvalue weighted by molar-refractivity contribution is -0.128. The van der Waals surface area contributed by atoms with Gasteiger partial charge in [-0.2, -0.15) is 0 Å². The second kappa shape index (κ2) is 7.24. The Morgan fingerprint density at radius 3 is 2.38 bits per heavy atom. The molecule has 5 nitrogen and oxygen atoms in total. The summed E-state index contributed by atoms with van der Waals surface area (Å²) in [7, 11) is -3.65. The first-order valence-corrected chi connectivity index (χ1v) is 8.97. The number of carbonyl (C=O) groups is 1. The van der Waals surface area contributed by atoms with Crippen molar-refractivity contribution in [3.05, 3.63) is 29.8 Å². The molecule has 1 amide bonds. The van der Waals surface area contributed by atoms with Crippen molar-refractivity contribution in [2.24, 2.45) is 0 Å². The lowest BCUT2D eigenvalue weighted by Gasteiger charge is -2.15. The van der Waals surface area contributed by atoms with Crippen LogP contribution >= 0.6 is 11.6 Å². The molecule has 0 spiro atoms. The van der Waals surface area contributed by atoms with Crippen LogP contribution in [-0.4, -0.2) is 44.7 Å². The van der Waals surface area contributed by atoms with Crippen LogP contribution in [0.3, 0.4) is 0 Å². The van der Waals surface area contributed by atoms with Crippen LogP contribution in [0.25, 0.3) is 0 Å². The van der Waals surface area contributed by atoms with Gasteiger partial charge in [0.15, 0.2) is 0 Å². The molecule has 7 heteroatoms. The summed E-state index contributed by atoms with van der Waals surface area (Å²) in [6.07, 6.45) is 2.67. The van der Waals surface area contributed by atoms with Crippen LogP contribution in [0.2, 0.25) is 0 Å². The van der Waals surface area contributed by atoms with E-state index in [1.165, 1.54) is 12.1 Å². The number of hydrogen-bond donors (Lipinski definition) is 1. The Balaban J connectivity index is 1.95. The van der Waals surface area contributed by atoms with Gasteiger partial charge in [0.2, 0.25) is 15.9 Å². The maximum Gasteiger partial charge on any atom is 0.241 e. The Kier molecular flexibility index (Phi) is 5.61. The summed E-state index contributed by atoms with van der Waals surface area (Å²) in [6.45, 7) is 1.24. The van der Waals surface area contributed by atoms with E-state index in [2.05, 4.69) is 4.72 Å². The first kappa shape index (κ1) is 16.3. The number of carbonyl (C=O) groups excluding carboxylic acids is 1. The number of likely N-dealkylation sites (tertiary alicyclic amines) is 1. The molecule has 1 fully saturated rings. The van der Waals surface area contributed by atoms with Crippen molar-refractivity contribution in [1.29, 1.82) is 0 Å². The summed E-state index contributed by atoms with van der Waals surface area (Å²) >= 11 is 5.64. The van der Waals surface area contributed by atoms with Gasteiger partial charge >= 0.3 is 0 Å². The fourth-order valence-corrected chi connectivity index (χ4v) is 3.46. The third-order valence-electron chi connectivity index (χ3n) is 3.49. The Hall–Kier alpha value is -1.11. The van der Waals surface area contributed by atoms with E-state index in [4.69, 9.17) is 11.6 Å². The van der Waals surface area contributed by atoms with Crippen LogP contribution in [0.15, 0.2) is 29.2 Å². The van der Waals surface area contributed by atoms with Crippen LogP contribution in [0.5, 0.6) is 0 Å². The molecular weight excluding hydrogens is 312 g/mol. The number of benzene rings is 1. The fraction of sp³-hybridized carbons (Fsp3) is 0.500. The number of amides is 1. The average molecular weight is 331 g/mol. The number of halogens is 1. The van der Waals surface area contributed by atoms with Gasteiger partial charge < -0.3 is 4.90 Å². The SMILES string of the molecule is O=C(CNS(=O)(=O)c1ccc(CCCl)cc1)N1CCCC1. The van der Waals surface area contributed by atoms with Crippen LogP contribution in [0.4, 0.5) is 0 Å². The molecule has 2 rings (SSSR count). The maximum atomic E-state index is 12.1. The molecule has 1 heterocycles. The van der Waals surface area contributed by atoms with Crippen LogP contribution in [0, 0.1) is 0 Å². The minimum Gasteiger partial charge on any atom is -0.342 e. The van der Waals surface area contributed by atoms with Gasteiger partial charge in [-0.15, -0.1) is 11.6 Å². The predicted octanol–water partition coefficient (Wildman–Crippen LogP) is 1.37. The van der Waals surface area contributed by atoms with E-state index in [0.717, 1.165) is 18.4 Å². The molecule has 0 aliphatic carbocycles. The molecule has 1 saturated heterocycles. The molecule has 1 aromatic rings. The minimum atomic E-state index is -3.65. The van der Waals surface area contributed by atoms with Gasteiger partial charge in [-0.3, -0.25) is 4.79 Å². The van der Waals surface area contributed by atoms with Crippen LogP contribution in [-0.2, 0) is 21.2 Å². The molecule has 1 aromatic carbocycles. The number of sulfonamides is 1. The molecule has 1 aliphatic rings. The predicted molar refractivity (Wildman–Crippen MR) is 81.9 cm³/mol. The lowest BCUT2D eigenvalue weighted by atomic mass is 10.2. The highest BCUT2D eigenvalue weighted by atomic mass is 35.5. The second-order valence-corrected chi connectivity index (χ2v) is 7.14. The van der Waals surface area contributed by atoms with Gasteiger partial charge in [0, 0.05) is 19.0 Å². The monoisotopic (exact) mass is 330 g/mol. The number of nitrogens with one attached hydrogen (secondary N) is 1. The van der Waals surface area contributed by atoms with Gasteiger partial charge in [-0.05, 0) is 37.0 Å². The van der Waals surface area contributed by atoms with E-state index < -0.39 is 10.0 Å². The van der Waals surface area contributed by atoms with Crippen molar-refractivity contribution in [2.45, 2.75) is 24.2 Å². The van der Waals surface area contributed by atoms with E-state index in [9.17, 15) is 13.2 Å². The van der Waals surface area contributed by atoms with Gasteiger partial charge in [-0.25, -0.2) is 13.1 Å². The quantitative estimate of drug-likeness (QED) is 0.801. The number of rotatable bonds is 6. The molecule has 1 N–H and O–H groups in total. The Morgan fingerprint density at radius 2 is 1.81 bits per heavy atom. The standard InChI is InChI=1S/C14H19ClN2O3S/c15-8-7-12-3-5-13(6-4-12)21(19,20)16-11-14(18)17-9-1-2-10-17/h3-6,16H,1-2,7-11H2. The van der Waals surface area contributed by atoms with Gasteiger partial charge in [0.1, 0.15) is 0 Å². The third-order valence-corrected chi connectivity index (χ3v) is 5.10. The average Bonchev–Trinajstić information content (AvgIpc) is 3.00. The Labute approximate surface area is 130 Å². The topological polar surface area (TPSA) is 66.5 Å². The normalized spacial score (nSPS) is 15.4. The van der Waals surface area contributed by atoms with Gasteiger partial charge in [0.05, 0.1) is 11.4 Å². The van der Waals surface area contributed by atoms with Crippen LogP contribution in [0.1, 0.15) is 18.4 Å². The Morgan fingerprint density at radius 1 is 1.19 bits per heavy atom. The molecule has 116 valence electrons. The summed E-state index contributed by atoms with van der Waals surface area (Å²) < 4.78 is 26.6. The summed E-state index contributed by atoms with van der Waals surface area (Å²) in [5, 5.41) is 0. The number of nitrogens with zero attached hydrogens (tertiary/aromatic N) is 1. The summed E-state index contributed by atoms with van der Waals surface area (Å²) in [6, 6.07) is 6.54. The van der Waals surface area contributed by atoms with E-state index in [0.29, 0.717) is 25.4 Å². The maximum absolute atomic E-state index is 12.1. The highest BCUT2D eigenvalue weighted by Gasteiger charge is 2.21. The van der Waals surface area contributed by atoms with E-state index in [1.54, 1.807) is 17.0 Å². The first-order valence-electron chi connectivity index (χ1n) is 6.95. The third kappa shape index (κ3) is 4.43. The van der Waals surface area contributed by atoms with Gasteiger partial charge in [-0.1, -0.05) is 12.1 Å². The number of aryl methyl sites for hydroxylation is 1. The summed E-state index contributed by atoms with van der Waals surface area (Å²) in [4.78, 5) is 13.7. The zero-order valence-corrected chi connectivity index (χ0v) is 13.3. The molecule has 0 atom stereocenters. The second-order valence-electron chi connectivity index (χ2n) is 5.00. The highest BCUT2D eigenvalue weighted by molar-refractivity contribution is 7.89. The summed E-state index contributed by atoms with van der Waals surface area (Å²) in [5.74, 6) is 0.323. The minimum absolute atomic E-state index is 0.162. The number of alkyl halides is 1. The molecule has 0 radical (unpaired) electrons. The lowest BCUT2D eigenvalue weighted by Crippen LogP contribution is -2.38. The van der Waals surface area contributed by atoms with E-state index in [-0.39, 0.29) is 17.3 Å². The van der Waals surface area contributed by atoms with Crippen LogP contribution < -0.4 is 4.72 Å². The molecular formula is C14H19ClN2O3S. The molecule has 21 heavy (non-hydrogen) atoms. The van der Waals surface area contributed by atoms with Crippen molar-refractivity contribution < 1.29 is 13.2 Å². The number of hydrogen-bond acceptors (Lipinski definition) is 3. The molecule has 0 bridgehead atoms. The highest BCUT2D eigenvalue weighted by Crippen LogP contribution is 2.12. The van der Waals surface area contributed by atoms with Gasteiger partial charge in [0.25, 0.3) is 0 Å². The molecule has 1 aliphatic heterocycles. The fourth-order valence-electron chi connectivity index (χ4n) is 2.26. The molecule has 0 unspecified atom stereocenters. The first-order chi connectivity index (χ1) is 10.0. The van der Waals surface area contributed by atoms with E-state index in [1.807, 2.05) is 0 Å². The van der Waals surface area contributed by atoms with Crippen molar-refractivity contribution in [3.8, 4) is 0 Å². The van der Waals surface area contributed by atoms with Crippen molar-refractivity contribution >= 4 is 27.5 Å². The zero-order valence-electron chi connectivity index (χ0n) is 11.7. The summed E-state index contributed by atoms with van der Waals surface area (Å²) in [5.41, 5.74) is 0.983. The Bertz CT molecular complexity index is 581. The largest absolute Gasteiger partial charge is 0.342 e. The smallest absolute Gasteiger partial charge is 0.241 e. The van der Waals surface area contributed by atoms with E-state index >= 15 is 0 Å². The van der Waals surface area contributed by atoms with Crippen molar-refractivity contribution in [2.75, 3.05) is 25.5 Å².